The van der Waals surface area contributed by atoms with E-state index >= 15 is 0 Å². The summed E-state index contributed by atoms with van der Waals surface area (Å²) < 4.78 is 0. The normalized spacial score (nSPS) is 16.6. The molecule has 0 bridgehead atoms. The molecule has 0 amide bonds. The molecule has 1 atom stereocenters. The van der Waals surface area contributed by atoms with E-state index in [0.29, 0.717) is 5.92 Å². The van der Waals surface area contributed by atoms with Crippen LogP contribution in [0.4, 0.5) is 5.69 Å². The van der Waals surface area contributed by atoms with E-state index in [9.17, 15) is 0 Å². The Labute approximate surface area is 111 Å². The third kappa shape index (κ3) is 3.74. The first-order valence-corrected chi connectivity index (χ1v) is 7.24. The first-order chi connectivity index (χ1) is 8.70. The molecule has 0 spiro atoms. The van der Waals surface area contributed by atoms with Crippen molar-refractivity contribution in [2.45, 2.75) is 39.7 Å². The molecule has 1 aromatic carbocycles. The number of aryl methyl sites for hydroxylation is 1. The van der Waals surface area contributed by atoms with E-state index in [4.69, 9.17) is 0 Å². The van der Waals surface area contributed by atoms with Crippen LogP contribution in [0.2, 0.25) is 0 Å². The highest BCUT2D eigenvalue weighted by atomic mass is 15.1. The second-order valence-electron chi connectivity index (χ2n) is 5.61. The van der Waals surface area contributed by atoms with Gasteiger partial charge in [-0.1, -0.05) is 25.1 Å². The zero-order chi connectivity index (χ0) is 13.0. The minimum atomic E-state index is 0.699. The summed E-state index contributed by atoms with van der Waals surface area (Å²) in [6.45, 7) is 10.2. The SMILES string of the molecule is CCN(CC(C)CNC1CC1)c1ccccc1C. The summed E-state index contributed by atoms with van der Waals surface area (Å²) in [5.74, 6) is 0.699. The molecular weight excluding hydrogens is 220 g/mol. The Bertz CT molecular complexity index is 371. The molecule has 0 saturated heterocycles. The van der Waals surface area contributed by atoms with Crippen molar-refractivity contribution in [2.24, 2.45) is 5.92 Å². The fourth-order valence-electron chi connectivity index (χ4n) is 2.41. The van der Waals surface area contributed by atoms with E-state index < -0.39 is 0 Å². The number of para-hydroxylation sites is 1. The van der Waals surface area contributed by atoms with Gasteiger partial charge >= 0.3 is 0 Å². The lowest BCUT2D eigenvalue weighted by molar-refractivity contribution is 0.504. The standard InChI is InChI=1S/C16H26N2/c1-4-18(16-8-6-5-7-14(16)3)12-13(2)11-17-15-9-10-15/h5-8,13,15,17H,4,9-12H2,1-3H3. The predicted molar refractivity (Wildman–Crippen MR) is 79.3 cm³/mol. The molecule has 0 aliphatic heterocycles. The summed E-state index contributed by atoms with van der Waals surface area (Å²) in [6.07, 6.45) is 2.75. The van der Waals surface area contributed by atoms with Crippen LogP contribution in [0, 0.1) is 12.8 Å². The van der Waals surface area contributed by atoms with Crippen LogP contribution in [-0.2, 0) is 0 Å². The Morgan fingerprint density at radius 3 is 2.67 bits per heavy atom. The summed E-state index contributed by atoms with van der Waals surface area (Å²) in [6, 6.07) is 9.51. The van der Waals surface area contributed by atoms with Crippen LogP contribution in [-0.4, -0.2) is 25.7 Å². The first kappa shape index (κ1) is 13.4. The highest BCUT2D eigenvalue weighted by Gasteiger charge is 2.21. The quantitative estimate of drug-likeness (QED) is 0.795. The Morgan fingerprint density at radius 1 is 1.33 bits per heavy atom. The van der Waals surface area contributed by atoms with E-state index in [1.807, 2.05) is 0 Å². The maximum atomic E-state index is 3.63. The van der Waals surface area contributed by atoms with Crippen LogP contribution in [0.25, 0.3) is 0 Å². The third-order valence-electron chi connectivity index (χ3n) is 3.70. The fourth-order valence-corrected chi connectivity index (χ4v) is 2.41. The molecule has 2 nitrogen and oxygen atoms in total. The maximum Gasteiger partial charge on any atom is 0.0395 e. The van der Waals surface area contributed by atoms with E-state index in [1.54, 1.807) is 0 Å². The van der Waals surface area contributed by atoms with Crippen LogP contribution in [0.15, 0.2) is 24.3 Å². The highest BCUT2D eigenvalue weighted by molar-refractivity contribution is 5.52. The molecule has 1 aromatic rings. The van der Waals surface area contributed by atoms with Gasteiger partial charge in [0, 0.05) is 24.8 Å². The average Bonchev–Trinajstić information content (AvgIpc) is 3.18. The van der Waals surface area contributed by atoms with Gasteiger partial charge in [0.2, 0.25) is 0 Å². The van der Waals surface area contributed by atoms with Crippen molar-refractivity contribution in [3.63, 3.8) is 0 Å². The summed E-state index contributed by atoms with van der Waals surface area (Å²) in [7, 11) is 0. The number of rotatable bonds is 7. The molecule has 100 valence electrons. The van der Waals surface area contributed by atoms with Crippen LogP contribution >= 0.6 is 0 Å². The number of hydrogen-bond donors (Lipinski definition) is 1. The van der Waals surface area contributed by atoms with Gasteiger partial charge in [-0.15, -0.1) is 0 Å². The molecule has 0 heterocycles. The number of anilines is 1. The Balaban J connectivity index is 1.89. The summed E-state index contributed by atoms with van der Waals surface area (Å²) >= 11 is 0. The molecule has 1 N–H and O–H groups in total. The monoisotopic (exact) mass is 246 g/mol. The van der Waals surface area contributed by atoms with E-state index in [2.05, 4.69) is 55.3 Å². The largest absolute Gasteiger partial charge is 0.371 e. The molecule has 18 heavy (non-hydrogen) atoms. The molecule has 2 heteroatoms. The summed E-state index contributed by atoms with van der Waals surface area (Å²) in [4.78, 5) is 2.49. The van der Waals surface area contributed by atoms with E-state index in [-0.39, 0.29) is 0 Å². The van der Waals surface area contributed by atoms with Gasteiger partial charge in [-0.25, -0.2) is 0 Å². The molecule has 1 aliphatic rings. The molecule has 1 saturated carbocycles. The lowest BCUT2D eigenvalue weighted by atomic mass is 10.1. The minimum absolute atomic E-state index is 0.699. The highest BCUT2D eigenvalue weighted by Crippen LogP contribution is 2.21. The zero-order valence-electron chi connectivity index (χ0n) is 11.9. The second kappa shape index (κ2) is 6.24. The maximum absolute atomic E-state index is 3.63. The van der Waals surface area contributed by atoms with Gasteiger partial charge in [0.25, 0.3) is 0 Å². The van der Waals surface area contributed by atoms with Gasteiger partial charge in [-0.05, 0) is 50.8 Å². The lowest BCUT2D eigenvalue weighted by Crippen LogP contribution is -2.34. The number of nitrogens with one attached hydrogen (secondary N) is 1. The van der Waals surface area contributed by atoms with Gasteiger partial charge < -0.3 is 10.2 Å². The van der Waals surface area contributed by atoms with Gasteiger partial charge in [0.05, 0.1) is 0 Å². The molecule has 1 fully saturated rings. The molecule has 0 radical (unpaired) electrons. The van der Waals surface area contributed by atoms with Gasteiger partial charge in [-0.2, -0.15) is 0 Å². The summed E-state index contributed by atoms with van der Waals surface area (Å²) in [5, 5.41) is 3.63. The van der Waals surface area contributed by atoms with Crippen LogP contribution < -0.4 is 10.2 Å². The van der Waals surface area contributed by atoms with Crippen molar-refractivity contribution in [2.75, 3.05) is 24.5 Å². The van der Waals surface area contributed by atoms with Crippen molar-refractivity contribution in [1.29, 1.82) is 0 Å². The minimum Gasteiger partial charge on any atom is -0.371 e. The predicted octanol–water partition coefficient (Wildman–Crippen LogP) is 3.21. The van der Waals surface area contributed by atoms with Crippen molar-refractivity contribution >= 4 is 5.69 Å². The van der Waals surface area contributed by atoms with Crippen molar-refractivity contribution in [1.82, 2.24) is 5.32 Å². The molecule has 1 aliphatic carbocycles. The molecule has 0 aromatic heterocycles. The van der Waals surface area contributed by atoms with E-state index in [0.717, 1.165) is 25.7 Å². The van der Waals surface area contributed by atoms with Gasteiger partial charge in [0.15, 0.2) is 0 Å². The van der Waals surface area contributed by atoms with Crippen LogP contribution in [0.3, 0.4) is 0 Å². The number of hydrogen-bond acceptors (Lipinski definition) is 2. The van der Waals surface area contributed by atoms with Gasteiger partial charge in [-0.3, -0.25) is 0 Å². The Morgan fingerprint density at radius 2 is 2.06 bits per heavy atom. The smallest absolute Gasteiger partial charge is 0.0395 e. The third-order valence-corrected chi connectivity index (χ3v) is 3.70. The first-order valence-electron chi connectivity index (χ1n) is 7.24. The van der Waals surface area contributed by atoms with Gasteiger partial charge in [0.1, 0.15) is 0 Å². The number of benzene rings is 1. The van der Waals surface area contributed by atoms with Crippen molar-refractivity contribution < 1.29 is 0 Å². The second-order valence-corrected chi connectivity index (χ2v) is 5.61. The van der Waals surface area contributed by atoms with Crippen molar-refractivity contribution in [3.05, 3.63) is 29.8 Å². The molecule has 1 unspecified atom stereocenters. The average molecular weight is 246 g/mol. The zero-order valence-corrected chi connectivity index (χ0v) is 11.9. The van der Waals surface area contributed by atoms with Crippen molar-refractivity contribution in [3.8, 4) is 0 Å². The van der Waals surface area contributed by atoms with Crippen LogP contribution in [0.5, 0.6) is 0 Å². The molecule has 2 rings (SSSR count). The number of nitrogens with zero attached hydrogens (tertiary/aromatic N) is 1. The topological polar surface area (TPSA) is 15.3 Å². The Hall–Kier alpha value is -1.02. The summed E-state index contributed by atoms with van der Waals surface area (Å²) in [5.41, 5.74) is 2.76. The lowest BCUT2D eigenvalue weighted by Gasteiger charge is -2.28. The van der Waals surface area contributed by atoms with Crippen LogP contribution in [0.1, 0.15) is 32.3 Å². The fraction of sp³-hybridized carbons (Fsp3) is 0.625. The molecular formula is C16H26N2. The Kier molecular flexibility index (Phi) is 4.65. The van der Waals surface area contributed by atoms with E-state index in [1.165, 1.54) is 24.1 Å².